The average molecular weight is 315 g/mol. The van der Waals surface area contributed by atoms with Gasteiger partial charge in [-0.3, -0.25) is 5.32 Å². The Labute approximate surface area is 129 Å². The van der Waals surface area contributed by atoms with Crippen molar-refractivity contribution in [2.45, 2.75) is 44.6 Å². The molecule has 0 aliphatic heterocycles. The number of nitriles is 1. The van der Waals surface area contributed by atoms with Crippen molar-refractivity contribution in [2.75, 3.05) is 38.7 Å². The van der Waals surface area contributed by atoms with Gasteiger partial charge in [-0.2, -0.15) is 5.26 Å². The monoisotopic (exact) mass is 315 g/mol. The van der Waals surface area contributed by atoms with E-state index in [4.69, 9.17) is 0 Å². The Morgan fingerprint density at radius 1 is 1.43 bits per heavy atom. The van der Waals surface area contributed by atoms with Crippen molar-refractivity contribution in [3.63, 3.8) is 0 Å². The SMILES string of the molecule is CCCNC1(C#N)CCCC1CCN(C)CCS(C)(=O)=O. The van der Waals surface area contributed by atoms with Gasteiger partial charge in [0.25, 0.3) is 0 Å². The van der Waals surface area contributed by atoms with Crippen LogP contribution in [0.3, 0.4) is 0 Å². The number of hydrogen-bond donors (Lipinski definition) is 1. The van der Waals surface area contributed by atoms with Gasteiger partial charge >= 0.3 is 0 Å². The Hall–Kier alpha value is -0.640. The summed E-state index contributed by atoms with van der Waals surface area (Å²) in [7, 11) is -0.950. The van der Waals surface area contributed by atoms with Crippen molar-refractivity contribution in [3.05, 3.63) is 0 Å². The number of nitrogens with one attached hydrogen (secondary N) is 1. The molecule has 0 aromatic heterocycles. The largest absolute Gasteiger partial charge is 0.305 e. The van der Waals surface area contributed by atoms with Crippen LogP contribution < -0.4 is 5.32 Å². The summed E-state index contributed by atoms with van der Waals surface area (Å²) in [5.41, 5.74) is -0.367. The highest BCUT2D eigenvalue weighted by Gasteiger charge is 2.42. The van der Waals surface area contributed by atoms with Gasteiger partial charge < -0.3 is 4.90 Å². The lowest BCUT2D eigenvalue weighted by atomic mass is 9.85. The third-order valence-corrected chi connectivity index (χ3v) is 5.34. The molecule has 0 spiro atoms. The average Bonchev–Trinajstić information content (AvgIpc) is 2.83. The molecule has 6 heteroatoms. The van der Waals surface area contributed by atoms with Crippen molar-refractivity contribution < 1.29 is 8.42 Å². The fourth-order valence-electron chi connectivity index (χ4n) is 3.05. The van der Waals surface area contributed by atoms with Crippen LogP contribution in [0.15, 0.2) is 0 Å². The van der Waals surface area contributed by atoms with Crippen LogP contribution in [-0.2, 0) is 9.84 Å². The molecular formula is C15H29N3O2S. The minimum atomic E-state index is -2.90. The number of sulfone groups is 1. The Morgan fingerprint density at radius 2 is 2.14 bits per heavy atom. The highest BCUT2D eigenvalue weighted by atomic mass is 32.2. The van der Waals surface area contributed by atoms with E-state index in [1.54, 1.807) is 0 Å². The van der Waals surface area contributed by atoms with E-state index in [2.05, 4.69) is 23.2 Å². The summed E-state index contributed by atoms with van der Waals surface area (Å²) < 4.78 is 22.4. The van der Waals surface area contributed by atoms with Gasteiger partial charge in [-0.25, -0.2) is 8.42 Å². The molecule has 2 unspecified atom stereocenters. The summed E-state index contributed by atoms with van der Waals surface area (Å²) in [6.07, 6.45) is 6.37. The lowest BCUT2D eigenvalue weighted by Crippen LogP contribution is -2.48. The Balaban J connectivity index is 2.47. The van der Waals surface area contributed by atoms with Gasteiger partial charge in [-0.1, -0.05) is 13.3 Å². The molecule has 0 aromatic rings. The second-order valence-corrected chi connectivity index (χ2v) is 8.58. The van der Waals surface area contributed by atoms with E-state index in [9.17, 15) is 13.7 Å². The number of hydrogen-bond acceptors (Lipinski definition) is 5. The zero-order valence-electron chi connectivity index (χ0n) is 13.6. The molecule has 5 nitrogen and oxygen atoms in total. The van der Waals surface area contributed by atoms with Crippen molar-refractivity contribution in [3.8, 4) is 6.07 Å². The number of nitrogens with zero attached hydrogens (tertiary/aromatic N) is 2. The van der Waals surface area contributed by atoms with E-state index in [0.717, 1.165) is 45.2 Å². The predicted molar refractivity (Wildman–Crippen MR) is 85.8 cm³/mol. The van der Waals surface area contributed by atoms with Gasteiger partial charge in [0.2, 0.25) is 0 Å². The molecule has 0 aromatic carbocycles. The fraction of sp³-hybridized carbons (Fsp3) is 0.933. The quantitative estimate of drug-likeness (QED) is 0.696. The van der Waals surface area contributed by atoms with Crippen LogP contribution in [0.5, 0.6) is 0 Å². The highest BCUT2D eigenvalue weighted by Crippen LogP contribution is 2.37. The van der Waals surface area contributed by atoms with Crippen LogP contribution in [0.2, 0.25) is 0 Å². The lowest BCUT2D eigenvalue weighted by molar-refractivity contribution is 0.255. The van der Waals surface area contributed by atoms with Crippen LogP contribution in [0.25, 0.3) is 0 Å². The van der Waals surface area contributed by atoms with Gasteiger partial charge in [-0.05, 0) is 51.7 Å². The topological polar surface area (TPSA) is 73.2 Å². The summed E-state index contributed by atoms with van der Waals surface area (Å²) in [6.45, 7) is 4.40. The van der Waals surface area contributed by atoms with E-state index in [-0.39, 0.29) is 11.3 Å². The number of rotatable bonds is 9. The molecule has 1 saturated carbocycles. The minimum Gasteiger partial charge on any atom is -0.305 e. The maximum Gasteiger partial charge on any atom is 0.148 e. The molecule has 0 bridgehead atoms. The summed E-state index contributed by atoms with van der Waals surface area (Å²) in [5.74, 6) is 0.570. The van der Waals surface area contributed by atoms with Crippen molar-refractivity contribution in [2.24, 2.45) is 5.92 Å². The molecule has 2 atom stereocenters. The smallest absolute Gasteiger partial charge is 0.148 e. The van der Waals surface area contributed by atoms with Gasteiger partial charge in [0.1, 0.15) is 15.4 Å². The van der Waals surface area contributed by atoms with Crippen LogP contribution in [0.1, 0.15) is 39.0 Å². The fourth-order valence-corrected chi connectivity index (χ4v) is 3.69. The van der Waals surface area contributed by atoms with Crippen LogP contribution in [0, 0.1) is 17.2 Å². The first-order valence-corrected chi connectivity index (χ1v) is 9.91. The van der Waals surface area contributed by atoms with E-state index >= 15 is 0 Å². The van der Waals surface area contributed by atoms with Crippen molar-refractivity contribution in [1.29, 1.82) is 5.26 Å². The Kier molecular flexibility index (Phi) is 7.11. The molecule has 1 aliphatic rings. The van der Waals surface area contributed by atoms with Gasteiger partial charge in [0.15, 0.2) is 0 Å². The third kappa shape index (κ3) is 5.93. The minimum absolute atomic E-state index is 0.200. The first-order chi connectivity index (χ1) is 9.83. The zero-order valence-corrected chi connectivity index (χ0v) is 14.4. The summed E-state index contributed by atoms with van der Waals surface area (Å²) in [5, 5.41) is 13.0. The predicted octanol–water partition coefficient (Wildman–Crippen LogP) is 1.41. The molecule has 1 N–H and O–H groups in total. The van der Waals surface area contributed by atoms with Gasteiger partial charge in [0, 0.05) is 12.8 Å². The summed E-state index contributed by atoms with van der Waals surface area (Å²) in [4.78, 5) is 2.06. The second-order valence-electron chi connectivity index (χ2n) is 6.32. The molecule has 21 heavy (non-hydrogen) atoms. The first kappa shape index (κ1) is 18.4. The summed E-state index contributed by atoms with van der Waals surface area (Å²) >= 11 is 0. The van der Waals surface area contributed by atoms with Crippen LogP contribution in [-0.4, -0.2) is 57.5 Å². The Bertz CT molecular complexity index is 458. The lowest BCUT2D eigenvalue weighted by Gasteiger charge is -2.31. The molecule has 122 valence electrons. The van der Waals surface area contributed by atoms with E-state index in [1.165, 1.54) is 6.26 Å². The van der Waals surface area contributed by atoms with Gasteiger partial charge in [0.05, 0.1) is 11.8 Å². The van der Waals surface area contributed by atoms with E-state index in [0.29, 0.717) is 12.5 Å². The van der Waals surface area contributed by atoms with Crippen molar-refractivity contribution in [1.82, 2.24) is 10.2 Å². The maximum absolute atomic E-state index is 11.2. The maximum atomic E-state index is 11.2. The third-order valence-electron chi connectivity index (χ3n) is 4.41. The van der Waals surface area contributed by atoms with Crippen LogP contribution in [0.4, 0.5) is 0 Å². The van der Waals surface area contributed by atoms with E-state index < -0.39 is 9.84 Å². The molecule has 1 fully saturated rings. The molecule has 0 saturated heterocycles. The van der Waals surface area contributed by atoms with Gasteiger partial charge in [-0.15, -0.1) is 0 Å². The van der Waals surface area contributed by atoms with Crippen LogP contribution >= 0.6 is 0 Å². The second kappa shape index (κ2) is 8.11. The molecule has 1 rings (SSSR count). The van der Waals surface area contributed by atoms with Crippen molar-refractivity contribution >= 4 is 9.84 Å². The standard InChI is InChI=1S/C15H29N3O2S/c1-4-9-17-15(13-16)8-5-6-14(15)7-10-18(2)11-12-21(3,19)20/h14,17H,4-12H2,1-3H3. The zero-order chi connectivity index (χ0) is 15.9. The Morgan fingerprint density at radius 3 is 2.71 bits per heavy atom. The molecule has 0 heterocycles. The highest BCUT2D eigenvalue weighted by molar-refractivity contribution is 7.90. The normalized spacial score (nSPS) is 26.1. The first-order valence-electron chi connectivity index (χ1n) is 7.85. The molecular weight excluding hydrogens is 286 g/mol. The molecule has 1 aliphatic carbocycles. The molecule has 0 amide bonds. The summed E-state index contributed by atoms with van der Waals surface area (Å²) in [6, 6.07) is 2.52. The van der Waals surface area contributed by atoms with E-state index in [1.807, 2.05) is 7.05 Å². The molecule has 0 radical (unpaired) electrons.